The number of Topliss-reactive ketones (excluding diaryl/α,β-unsaturated/α-hetero) is 1. The summed E-state index contributed by atoms with van der Waals surface area (Å²) in [5.74, 6) is -1.66. The van der Waals surface area contributed by atoms with Gasteiger partial charge in [0.05, 0.1) is 6.10 Å². The van der Waals surface area contributed by atoms with E-state index in [1.807, 2.05) is 13.8 Å². The first kappa shape index (κ1) is 23.1. The van der Waals surface area contributed by atoms with E-state index in [1.54, 1.807) is 0 Å². The number of ketones is 1. The van der Waals surface area contributed by atoms with Gasteiger partial charge in [-0.25, -0.2) is 0 Å². The van der Waals surface area contributed by atoms with E-state index in [4.69, 9.17) is 4.74 Å². The Morgan fingerprint density at radius 3 is 2.55 bits per heavy atom. The summed E-state index contributed by atoms with van der Waals surface area (Å²) in [6, 6.07) is 3.50. The third-order valence-corrected chi connectivity index (χ3v) is 5.53. The van der Waals surface area contributed by atoms with Gasteiger partial charge < -0.3 is 20.1 Å². The number of benzene rings is 1. The Balaban J connectivity index is 1.70. The molecule has 1 aliphatic heterocycles. The van der Waals surface area contributed by atoms with E-state index in [9.17, 15) is 27.6 Å². The van der Waals surface area contributed by atoms with Gasteiger partial charge in [0.25, 0.3) is 5.91 Å². The van der Waals surface area contributed by atoms with Gasteiger partial charge in [0, 0.05) is 5.56 Å². The molecule has 1 saturated carbocycles. The minimum Gasteiger partial charge on any atom is -0.406 e. The average Bonchev–Trinajstić information content (AvgIpc) is 3.20. The molecule has 31 heavy (non-hydrogen) atoms. The number of carbonyl (C=O) groups excluding carboxylic acids is 3. The van der Waals surface area contributed by atoms with E-state index in [-0.39, 0.29) is 30.0 Å². The van der Waals surface area contributed by atoms with E-state index in [0.717, 1.165) is 18.6 Å². The average molecular weight is 442 g/mol. The van der Waals surface area contributed by atoms with Gasteiger partial charge in [0.2, 0.25) is 5.91 Å². The van der Waals surface area contributed by atoms with Crippen LogP contribution in [0.2, 0.25) is 0 Å². The molecule has 1 saturated heterocycles. The fourth-order valence-electron chi connectivity index (χ4n) is 4.10. The van der Waals surface area contributed by atoms with Crippen LogP contribution in [0.15, 0.2) is 24.3 Å². The van der Waals surface area contributed by atoms with Crippen molar-refractivity contribution in [1.29, 1.82) is 0 Å². The molecule has 2 N–H and O–H groups in total. The zero-order valence-corrected chi connectivity index (χ0v) is 17.3. The Morgan fingerprint density at radius 2 is 1.94 bits per heavy atom. The van der Waals surface area contributed by atoms with Crippen LogP contribution in [0.25, 0.3) is 0 Å². The lowest BCUT2D eigenvalue weighted by atomic mass is 9.91. The summed E-state index contributed by atoms with van der Waals surface area (Å²) in [5.41, 5.74) is -0.971. The number of fused-ring (bicyclic) bond motifs is 1. The van der Waals surface area contributed by atoms with Crippen LogP contribution in [0.1, 0.15) is 49.9 Å². The molecule has 3 rings (SSSR count). The van der Waals surface area contributed by atoms with Crippen LogP contribution in [0.5, 0.6) is 5.75 Å². The van der Waals surface area contributed by atoms with Crippen LogP contribution in [0.4, 0.5) is 13.2 Å². The van der Waals surface area contributed by atoms with E-state index < -0.39 is 35.5 Å². The number of amides is 2. The number of alkyl halides is 3. The number of carbonyl (C=O) groups is 3. The fraction of sp³-hybridized carbons (Fsp3) is 0.571. The molecule has 170 valence electrons. The van der Waals surface area contributed by atoms with Crippen LogP contribution in [0.3, 0.4) is 0 Å². The van der Waals surface area contributed by atoms with Crippen molar-refractivity contribution in [2.24, 2.45) is 5.92 Å². The Hall–Kier alpha value is -2.62. The van der Waals surface area contributed by atoms with Crippen LogP contribution in [-0.4, -0.2) is 48.3 Å². The molecule has 10 heteroatoms. The maximum atomic E-state index is 13.0. The molecule has 2 fully saturated rings. The van der Waals surface area contributed by atoms with Gasteiger partial charge in [-0.2, -0.15) is 0 Å². The maximum absolute atomic E-state index is 13.0. The molecule has 2 aliphatic rings. The Morgan fingerprint density at radius 1 is 1.26 bits per heavy atom. The summed E-state index contributed by atoms with van der Waals surface area (Å²) in [7, 11) is 0. The van der Waals surface area contributed by atoms with Gasteiger partial charge in [0.1, 0.15) is 23.9 Å². The van der Waals surface area contributed by atoms with Gasteiger partial charge >= 0.3 is 6.36 Å². The first-order valence-corrected chi connectivity index (χ1v) is 10.1. The summed E-state index contributed by atoms with van der Waals surface area (Å²) < 4.78 is 46.2. The van der Waals surface area contributed by atoms with E-state index >= 15 is 0 Å². The first-order chi connectivity index (χ1) is 14.5. The highest BCUT2D eigenvalue weighted by Crippen LogP contribution is 2.38. The highest BCUT2D eigenvalue weighted by Gasteiger charge is 2.55. The zero-order valence-electron chi connectivity index (χ0n) is 17.3. The van der Waals surface area contributed by atoms with Gasteiger partial charge in [0.15, 0.2) is 5.78 Å². The smallest absolute Gasteiger partial charge is 0.406 e. The largest absolute Gasteiger partial charge is 0.573 e. The lowest BCUT2D eigenvalue weighted by Crippen LogP contribution is -2.60. The summed E-state index contributed by atoms with van der Waals surface area (Å²) in [5, 5.41) is 5.46. The number of hydrogen-bond acceptors (Lipinski definition) is 5. The van der Waals surface area contributed by atoms with Crippen molar-refractivity contribution >= 4 is 17.6 Å². The molecule has 0 radical (unpaired) electrons. The Bertz CT molecular complexity index is 840. The van der Waals surface area contributed by atoms with E-state index in [0.29, 0.717) is 19.3 Å². The highest BCUT2D eigenvalue weighted by molar-refractivity contribution is 6.00. The third-order valence-electron chi connectivity index (χ3n) is 5.53. The Labute approximate surface area is 177 Å². The SMILES string of the molecule is CC(C)CC(NC(=O)c1ccc(OC(F)(F)F)cc1)C(=O)NC12CCCC1OCC2=O. The monoisotopic (exact) mass is 442 g/mol. The van der Waals surface area contributed by atoms with Gasteiger partial charge in [-0.05, 0) is 55.9 Å². The molecule has 1 heterocycles. The van der Waals surface area contributed by atoms with Crippen molar-refractivity contribution in [3.05, 3.63) is 29.8 Å². The molecule has 3 atom stereocenters. The summed E-state index contributed by atoms with van der Waals surface area (Å²) in [4.78, 5) is 38.0. The highest BCUT2D eigenvalue weighted by atomic mass is 19.4. The van der Waals surface area contributed by atoms with Gasteiger partial charge in [-0.15, -0.1) is 13.2 Å². The van der Waals surface area contributed by atoms with Crippen molar-refractivity contribution in [2.75, 3.05) is 6.61 Å². The molecule has 0 spiro atoms. The minimum atomic E-state index is -4.83. The lowest BCUT2D eigenvalue weighted by molar-refractivity contribution is -0.274. The molecular weight excluding hydrogens is 417 g/mol. The second kappa shape index (κ2) is 8.86. The number of hydrogen-bond donors (Lipinski definition) is 2. The van der Waals surface area contributed by atoms with Crippen LogP contribution >= 0.6 is 0 Å². The topological polar surface area (TPSA) is 93.7 Å². The fourth-order valence-corrected chi connectivity index (χ4v) is 4.10. The van der Waals surface area contributed by atoms with E-state index in [2.05, 4.69) is 15.4 Å². The third kappa shape index (κ3) is 5.36. The van der Waals surface area contributed by atoms with E-state index in [1.165, 1.54) is 12.1 Å². The van der Waals surface area contributed by atoms with Crippen LogP contribution in [-0.2, 0) is 14.3 Å². The second-order valence-electron chi connectivity index (χ2n) is 8.30. The second-order valence-corrected chi connectivity index (χ2v) is 8.30. The van der Waals surface area contributed by atoms with Crippen molar-refractivity contribution < 1.29 is 37.0 Å². The number of halogens is 3. The first-order valence-electron chi connectivity index (χ1n) is 10.1. The van der Waals surface area contributed by atoms with Gasteiger partial charge in [-0.1, -0.05) is 13.8 Å². The molecular formula is C21H25F3N2O5. The number of rotatable bonds is 7. The summed E-state index contributed by atoms with van der Waals surface area (Å²) >= 11 is 0. The quantitative estimate of drug-likeness (QED) is 0.677. The molecule has 1 aromatic carbocycles. The molecule has 1 aromatic rings. The van der Waals surface area contributed by atoms with Gasteiger partial charge in [-0.3, -0.25) is 14.4 Å². The molecule has 1 aliphatic carbocycles. The zero-order chi connectivity index (χ0) is 22.8. The van der Waals surface area contributed by atoms with Crippen LogP contribution < -0.4 is 15.4 Å². The number of nitrogens with one attached hydrogen (secondary N) is 2. The molecule has 0 aromatic heterocycles. The van der Waals surface area contributed by atoms with Crippen molar-refractivity contribution in [3.63, 3.8) is 0 Å². The molecule has 0 bridgehead atoms. The maximum Gasteiger partial charge on any atom is 0.573 e. The normalized spacial score (nSPS) is 24.1. The lowest BCUT2D eigenvalue weighted by Gasteiger charge is -2.30. The number of ether oxygens (including phenoxy) is 2. The Kier molecular flexibility index (Phi) is 6.59. The standard InChI is InChI=1S/C21H25F3N2O5/c1-12(2)10-15(19(29)26-20-9-3-4-17(20)30-11-16(20)27)25-18(28)13-5-7-14(8-6-13)31-21(22,23)24/h5-8,12,15,17H,3-4,9-11H2,1-2H3,(H,25,28)(H,26,29). The van der Waals surface area contributed by atoms with Crippen molar-refractivity contribution in [1.82, 2.24) is 10.6 Å². The molecule has 3 unspecified atom stereocenters. The van der Waals surface area contributed by atoms with Crippen molar-refractivity contribution in [2.45, 2.75) is 63.6 Å². The minimum absolute atomic E-state index is 0.0432. The summed E-state index contributed by atoms with van der Waals surface area (Å²) in [6.07, 6.45) is -2.94. The predicted octanol–water partition coefficient (Wildman–Crippen LogP) is 2.74. The predicted molar refractivity (Wildman–Crippen MR) is 103 cm³/mol. The van der Waals surface area contributed by atoms with Crippen LogP contribution in [0, 0.1) is 5.92 Å². The molecule has 2 amide bonds. The van der Waals surface area contributed by atoms with Crippen molar-refractivity contribution in [3.8, 4) is 5.75 Å². The molecule has 7 nitrogen and oxygen atoms in total. The summed E-state index contributed by atoms with van der Waals surface area (Å²) in [6.45, 7) is 3.73.